The maximum absolute atomic E-state index is 11.9. The van der Waals surface area contributed by atoms with E-state index in [1.165, 1.54) is 0 Å². The van der Waals surface area contributed by atoms with Crippen molar-refractivity contribution in [3.63, 3.8) is 0 Å². The lowest BCUT2D eigenvalue weighted by Gasteiger charge is -2.17. The molecule has 0 aromatic heterocycles. The summed E-state index contributed by atoms with van der Waals surface area (Å²) in [5, 5.41) is 0. The fourth-order valence-corrected chi connectivity index (χ4v) is 1.87. The Morgan fingerprint density at radius 3 is 1.93 bits per heavy atom. The average molecular weight is 212 g/mol. The Labute approximate surface area is 93.4 Å². The molecule has 2 unspecified atom stereocenters. The zero-order valence-corrected chi connectivity index (χ0v) is 10.7. The molecule has 0 spiro atoms. The fraction of sp³-hybridized carbons (Fsp3) is 0.846. The summed E-state index contributed by atoms with van der Waals surface area (Å²) in [5.41, 5.74) is 0. The van der Waals surface area contributed by atoms with E-state index in [1.807, 2.05) is 13.8 Å². The molecule has 0 aliphatic rings. The van der Waals surface area contributed by atoms with Crippen LogP contribution in [-0.2, 0) is 9.59 Å². The van der Waals surface area contributed by atoms with Crippen molar-refractivity contribution in [3.8, 4) is 0 Å². The van der Waals surface area contributed by atoms with Gasteiger partial charge in [-0.25, -0.2) is 0 Å². The molecule has 0 aromatic rings. The summed E-state index contributed by atoms with van der Waals surface area (Å²) in [5.74, 6) is 1.20. The number of hydrogen-bond donors (Lipinski definition) is 0. The van der Waals surface area contributed by atoms with Crippen LogP contribution in [0.4, 0.5) is 0 Å². The van der Waals surface area contributed by atoms with Gasteiger partial charge in [0, 0.05) is 18.3 Å². The molecular weight excluding hydrogens is 188 g/mol. The molecule has 2 heteroatoms. The van der Waals surface area contributed by atoms with Crippen LogP contribution >= 0.6 is 0 Å². The van der Waals surface area contributed by atoms with Gasteiger partial charge < -0.3 is 4.79 Å². The van der Waals surface area contributed by atoms with Crippen LogP contribution in [0.25, 0.3) is 0 Å². The minimum Gasteiger partial charge on any atom is -0.300 e. The van der Waals surface area contributed by atoms with E-state index in [0.29, 0.717) is 24.5 Å². The standard InChI is InChI=1S/C13H24O2/c1-9(2)8-11(4)13(15)10(3)6-7-12(5)14/h9-11H,6-8H2,1-5H3. The van der Waals surface area contributed by atoms with Crippen molar-refractivity contribution < 1.29 is 9.59 Å². The number of ketones is 2. The van der Waals surface area contributed by atoms with Gasteiger partial charge in [0.25, 0.3) is 0 Å². The second kappa shape index (κ2) is 6.76. The van der Waals surface area contributed by atoms with Crippen LogP contribution < -0.4 is 0 Å². The summed E-state index contributed by atoms with van der Waals surface area (Å²) in [4.78, 5) is 22.7. The Morgan fingerprint density at radius 2 is 1.53 bits per heavy atom. The van der Waals surface area contributed by atoms with Crippen molar-refractivity contribution in [1.82, 2.24) is 0 Å². The highest BCUT2D eigenvalue weighted by atomic mass is 16.1. The van der Waals surface area contributed by atoms with Crippen molar-refractivity contribution in [1.29, 1.82) is 0 Å². The van der Waals surface area contributed by atoms with Crippen LogP contribution in [0.5, 0.6) is 0 Å². The zero-order chi connectivity index (χ0) is 12.0. The van der Waals surface area contributed by atoms with E-state index in [4.69, 9.17) is 0 Å². The van der Waals surface area contributed by atoms with Crippen LogP contribution in [0.15, 0.2) is 0 Å². The minimum atomic E-state index is 0.0302. The van der Waals surface area contributed by atoms with Gasteiger partial charge in [-0.05, 0) is 25.7 Å². The third-order valence-corrected chi connectivity index (χ3v) is 2.73. The van der Waals surface area contributed by atoms with E-state index in [0.717, 1.165) is 6.42 Å². The van der Waals surface area contributed by atoms with Crippen LogP contribution in [0.3, 0.4) is 0 Å². The molecule has 0 radical (unpaired) electrons. The summed E-state index contributed by atoms with van der Waals surface area (Å²) < 4.78 is 0. The van der Waals surface area contributed by atoms with Crippen LogP contribution in [0.1, 0.15) is 53.9 Å². The maximum atomic E-state index is 11.9. The molecule has 0 fully saturated rings. The molecule has 2 atom stereocenters. The largest absolute Gasteiger partial charge is 0.300 e. The molecule has 0 N–H and O–H groups in total. The molecular formula is C13H24O2. The normalized spacial score (nSPS) is 15.1. The monoisotopic (exact) mass is 212 g/mol. The Morgan fingerprint density at radius 1 is 1.00 bits per heavy atom. The molecule has 0 heterocycles. The third kappa shape index (κ3) is 6.43. The number of carbonyl (C=O) groups is 2. The predicted molar refractivity (Wildman–Crippen MR) is 62.7 cm³/mol. The second-order valence-electron chi connectivity index (χ2n) is 5.07. The van der Waals surface area contributed by atoms with Crippen molar-refractivity contribution in [2.45, 2.75) is 53.9 Å². The lowest BCUT2D eigenvalue weighted by molar-refractivity contribution is -0.126. The Bertz CT molecular complexity index is 219. The fourth-order valence-electron chi connectivity index (χ4n) is 1.87. The molecule has 0 aromatic carbocycles. The predicted octanol–water partition coefficient (Wildman–Crippen LogP) is 3.24. The lowest BCUT2D eigenvalue weighted by atomic mass is 9.86. The van der Waals surface area contributed by atoms with Gasteiger partial charge in [-0.2, -0.15) is 0 Å². The van der Waals surface area contributed by atoms with Gasteiger partial charge in [-0.1, -0.05) is 27.7 Å². The van der Waals surface area contributed by atoms with Gasteiger partial charge in [0.1, 0.15) is 11.6 Å². The SMILES string of the molecule is CC(=O)CCC(C)C(=O)C(C)CC(C)C. The first-order chi connectivity index (χ1) is 6.84. The van der Waals surface area contributed by atoms with Gasteiger partial charge in [-0.3, -0.25) is 4.79 Å². The van der Waals surface area contributed by atoms with E-state index in [1.54, 1.807) is 6.92 Å². The molecule has 88 valence electrons. The number of carbonyl (C=O) groups excluding carboxylic acids is 2. The molecule has 0 amide bonds. The number of rotatable bonds is 7. The highest BCUT2D eigenvalue weighted by Crippen LogP contribution is 2.19. The Hall–Kier alpha value is -0.660. The Kier molecular flexibility index (Phi) is 6.46. The second-order valence-corrected chi connectivity index (χ2v) is 5.07. The smallest absolute Gasteiger partial charge is 0.138 e. The molecule has 0 saturated carbocycles. The number of hydrogen-bond acceptors (Lipinski definition) is 2. The molecule has 15 heavy (non-hydrogen) atoms. The van der Waals surface area contributed by atoms with Crippen molar-refractivity contribution in [3.05, 3.63) is 0 Å². The summed E-state index contributed by atoms with van der Waals surface area (Å²) in [6.07, 6.45) is 2.18. The Balaban J connectivity index is 4.01. The minimum absolute atomic E-state index is 0.0302. The van der Waals surface area contributed by atoms with E-state index >= 15 is 0 Å². The van der Waals surface area contributed by atoms with Gasteiger partial charge >= 0.3 is 0 Å². The lowest BCUT2D eigenvalue weighted by Crippen LogP contribution is -2.21. The summed E-state index contributed by atoms with van der Waals surface area (Å²) in [7, 11) is 0. The zero-order valence-electron chi connectivity index (χ0n) is 10.7. The summed E-state index contributed by atoms with van der Waals surface area (Å²) >= 11 is 0. The molecule has 0 aliphatic carbocycles. The van der Waals surface area contributed by atoms with Crippen molar-refractivity contribution in [2.24, 2.45) is 17.8 Å². The first-order valence-corrected chi connectivity index (χ1v) is 5.87. The molecule has 2 nitrogen and oxygen atoms in total. The van der Waals surface area contributed by atoms with Crippen molar-refractivity contribution >= 4 is 11.6 Å². The first-order valence-electron chi connectivity index (χ1n) is 5.87. The molecule has 0 saturated heterocycles. The highest BCUT2D eigenvalue weighted by molar-refractivity contribution is 5.83. The van der Waals surface area contributed by atoms with E-state index in [-0.39, 0.29) is 17.6 Å². The van der Waals surface area contributed by atoms with Gasteiger partial charge in [0.2, 0.25) is 0 Å². The molecule has 0 bridgehead atoms. The van der Waals surface area contributed by atoms with E-state index in [2.05, 4.69) is 13.8 Å². The van der Waals surface area contributed by atoms with Crippen LogP contribution in [0, 0.1) is 17.8 Å². The van der Waals surface area contributed by atoms with Crippen LogP contribution in [-0.4, -0.2) is 11.6 Å². The first kappa shape index (κ1) is 14.3. The maximum Gasteiger partial charge on any atom is 0.138 e. The van der Waals surface area contributed by atoms with Gasteiger partial charge in [-0.15, -0.1) is 0 Å². The van der Waals surface area contributed by atoms with Gasteiger partial charge in [0.05, 0.1) is 0 Å². The molecule has 0 aliphatic heterocycles. The average Bonchev–Trinajstić information content (AvgIpc) is 2.11. The molecule has 0 rings (SSSR count). The summed E-state index contributed by atoms with van der Waals surface area (Å²) in [6, 6.07) is 0. The van der Waals surface area contributed by atoms with Gasteiger partial charge in [0.15, 0.2) is 0 Å². The van der Waals surface area contributed by atoms with Crippen molar-refractivity contribution in [2.75, 3.05) is 0 Å². The summed E-state index contributed by atoms with van der Waals surface area (Å²) in [6.45, 7) is 9.76. The topological polar surface area (TPSA) is 34.1 Å². The quantitative estimate of drug-likeness (QED) is 0.649. The number of Topliss-reactive ketones (excluding diaryl/α,β-unsaturated/α-hetero) is 2. The van der Waals surface area contributed by atoms with E-state index in [9.17, 15) is 9.59 Å². The third-order valence-electron chi connectivity index (χ3n) is 2.73. The van der Waals surface area contributed by atoms with Crippen LogP contribution in [0.2, 0.25) is 0 Å². The van der Waals surface area contributed by atoms with E-state index < -0.39 is 0 Å². The highest BCUT2D eigenvalue weighted by Gasteiger charge is 2.20.